The normalized spacial score (nSPS) is 12.0. The number of rotatable bonds is 5. The Morgan fingerprint density at radius 3 is 2.31 bits per heavy atom. The molecule has 29 heavy (non-hydrogen) atoms. The maximum Gasteiger partial charge on any atom is 0.314 e. The van der Waals surface area contributed by atoms with Crippen molar-refractivity contribution >= 4 is 34.2 Å². The summed E-state index contributed by atoms with van der Waals surface area (Å²) in [5, 5.41) is 3.48. The highest BCUT2D eigenvalue weighted by molar-refractivity contribution is 6.30. The fraction of sp³-hybridized carbons (Fsp3) is 0.0952. The molecule has 2 aromatic carbocycles. The van der Waals surface area contributed by atoms with Gasteiger partial charge in [-0.1, -0.05) is 23.7 Å². The van der Waals surface area contributed by atoms with Gasteiger partial charge in [-0.15, -0.1) is 0 Å². The van der Waals surface area contributed by atoms with Gasteiger partial charge in [0.2, 0.25) is 5.91 Å². The van der Waals surface area contributed by atoms with Crippen LogP contribution in [-0.4, -0.2) is 20.4 Å². The first-order valence-corrected chi connectivity index (χ1v) is 9.31. The van der Waals surface area contributed by atoms with E-state index in [0.717, 1.165) is 5.56 Å². The molecule has 0 aliphatic heterocycles. The minimum Gasteiger partial charge on any atom is -0.346 e. The lowest BCUT2D eigenvalue weighted by Crippen LogP contribution is -2.28. The summed E-state index contributed by atoms with van der Waals surface area (Å²) in [6.07, 6.45) is 4.02. The number of fused-ring (bicyclic) bond motifs is 1. The summed E-state index contributed by atoms with van der Waals surface area (Å²) in [6, 6.07) is 15.9. The Kier molecular flexibility index (Phi) is 5.05. The summed E-state index contributed by atoms with van der Waals surface area (Å²) >= 11 is 5.99. The van der Waals surface area contributed by atoms with E-state index in [0.29, 0.717) is 21.7 Å². The van der Waals surface area contributed by atoms with Crippen LogP contribution in [0.25, 0.3) is 11.0 Å². The highest BCUT2D eigenvalue weighted by Crippen LogP contribution is 2.25. The molecule has 3 N–H and O–H groups in total. The van der Waals surface area contributed by atoms with Gasteiger partial charge in [0.05, 0.1) is 23.5 Å². The van der Waals surface area contributed by atoms with Crippen LogP contribution in [0.1, 0.15) is 18.0 Å². The third kappa shape index (κ3) is 4.14. The standard InChI is InChI=1S/C21H17ClN4O3/c22-14-5-3-13(4-6-14)18(26-9-1-2-10-26)12-19(27)23-15-7-8-16-17(11-15)25-21(29)20(28)24-16/h1-11,18H,12H2,(H,23,27)(H,24,28)(H,25,29)/t18-/m0/s1. The van der Waals surface area contributed by atoms with Crippen LogP contribution in [0, 0.1) is 0 Å². The van der Waals surface area contributed by atoms with E-state index in [1.165, 1.54) is 0 Å². The molecule has 0 aliphatic carbocycles. The molecule has 2 heterocycles. The maximum atomic E-state index is 12.7. The SMILES string of the molecule is O=C(C[C@@H](c1ccc(Cl)cc1)n1cccc1)Nc1ccc2[nH]c(=O)c(=O)[nH]c2c1. The fourth-order valence-electron chi connectivity index (χ4n) is 3.22. The van der Waals surface area contributed by atoms with Gasteiger partial charge >= 0.3 is 11.1 Å². The molecule has 8 heteroatoms. The average Bonchev–Trinajstić information content (AvgIpc) is 3.23. The van der Waals surface area contributed by atoms with Gasteiger partial charge in [0, 0.05) is 23.1 Å². The number of carbonyl (C=O) groups excluding carboxylic acids is 1. The molecule has 0 bridgehead atoms. The van der Waals surface area contributed by atoms with Crippen LogP contribution < -0.4 is 16.4 Å². The quantitative estimate of drug-likeness (QED) is 0.442. The number of hydrogen-bond donors (Lipinski definition) is 3. The van der Waals surface area contributed by atoms with E-state index in [-0.39, 0.29) is 18.4 Å². The highest BCUT2D eigenvalue weighted by atomic mass is 35.5. The van der Waals surface area contributed by atoms with Gasteiger partial charge in [-0.2, -0.15) is 0 Å². The van der Waals surface area contributed by atoms with Crippen LogP contribution in [0.5, 0.6) is 0 Å². The Balaban J connectivity index is 1.57. The number of aromatic nitrogens is 3. The molecule has 7 nitrogen and oxygen atoms in total. The van der Waals surface area contributed by atoms with Gasteiger partial charge < -0.3 is 19.9 Å². The van der Waals surface area contributed by atoms with E-state index in [9.17, 15) is 14.4 Å². The third-order valence-corrected chi connectivity index (χ3v) is 4.88. The number of amides is 1. The second-order valence-electron chi connectivity index (χ2n) is 6.62. The van der Waals surface area contributed by atoms with Crippen molar-refractivity contribution in [3.8, 4) is 0 Å². The molecule has 0 fully saturated rings. The van der Waals surface area contributed by atoms with Gasteiger partial charge in [0.15, 0.2) is 0 Å². The molecule has 0 saturated heterocycles. The molecule has 1 amide bonds. The number of nitrogens with one attached hydrogen (secondary N) is 3. The van der Waals surface area contributed by atoms with Crippen LogP contribution in [-0.2, 0) is 4.79 Å². The highest BCUT2D eigenvalue weighted by Gasteiger charge is 2.18. The average molecular weight is 409 g/mol. The molecule has 4 aromatic rings. The van der Waals surface area contributed by atoms with Crippen molar-refractivity contribution in [3.63, 3.8) is 0 Å². The van der Waals surface area contributed by atoms with Gasteiger partial charge in [-0.3, -0.25) is 14.4 Å². The van der Waals surface area contributed by atoms with Crippen molar-refractivity contribution in [1.29, 1.82) is 0 Å². The van der Waals surface area contributed by atoms with Crippen molar-refractivity contribution in [1.82, 2.24) is 14.5 Å². The smallest absolute Gasteiger partial charge is 0.314 e. The first-order chi connectivity index (χ1) is 14.0. The van der Waals surface area contributed by atoms with Crippen molar-refractivity contribution in [2.75, 3.05) is 5.32 Å². The lowest BCUT2D eigenvalue weighted by atomic mass is 10.0. The van der Waals surface area contributed by atoms with Crippen molar-refractivity contribution in [2.24, 2.45) is 0 Å². The number of aromatic amines is 2. The lowest BCUT2D eigenvalue weighted by molar-refractivity contribution is -0.116. The second kappa shape index (κ2) is 7.81. The predicted octanol–water partition coefficient (Wildman–Crippen LogP) is 3.29. The van der Waals surface area contributed by atoms with Gasteiger partial charge in [-0.05, 0) is 48.0 Å². The summed E-state index contributed by atoms with van der Waals surface area (Å²) in [4.78, 5) is 40.7. The number of hydrogen-bond acceptors (Lipinski definition) is 3. The molecule has 1 atom stereocenters. The zero-order valence-electron chi connectivity index (χ0n) is 15.2. The summed E-state index contributed by atoms with van der Waals surface area (Å²) < 4.78 is 1.96. The summed E-state index contributed by atoms with van der Waals surface area (Å²) in [7, 11) is 0. The minimum absolute atomic E-state index is 0.190. The molecule has 0 unspecified atom stereocenters. The van der Waals surface area contributed by atoms with E-state index < -0.39 is 11.1 Å². The van der Waals surface area contributed by atoms with Crippen LogP contribution in [0.4, 0.5) is 5.69 Å². The topological polar surface area (TPSA) is 99.8 Å². The summed E-state index contributed by atoms with van der Waals surface area (Å²) in [5.74, 6) is -0.190. The first kappa shape index (κ1) is 18.8. The molecule has 2 aromatic heterocycles. The van der Waals surface area contributed by atoms with E-state index in [1.54, 1.807) is 30.3 Å². The Hall–Kier alpha value is -3.58. The monoisotopic (exact) mass is 408 g/mol. The van der Waals surface area contributed by atoms with Gasteiger partial charge in [0.25, 0.3) is 0 Å². The van der Waals surface area contributed by atoms with Crippen LogP contribution in [0.2, 0.25) is 5.02 Å². The van der Waals surface area contributed by atoms with E-state index in [1.807, 2.05) is 41.2 Å². The van der Waals surface area contributed by atoms with Gasteiger partial charge in [-0.25, -0.2) is 0 Å². The largest absolute Gasteiger partial charge is 0.346 e. The van der Waals surface area contributed by atoms with Crippen molar-refractivity contribution in [2.45, 2.75) is 12.5 Å². The molecule has 4 rings (SSSR count). The zero-order chi connectivity index (χ0) is 20.4. The Morgan fingerprint density at radius 2 is 1.62 bits per heavy atom. The summed E-state index contributed by atoms with van der Waals surface area (Å²) in [6.45, 7) is 0. The fourth-order valence-corrected chi connectivity index (χ4v) is 3.34. The number of halogens is 1. The number of carbonyl (C=O) groups is 1. The molecule has 146 valence electrons. The second-order valence-corrected chi connectivity index (χ2v) is 7.05. The van der Waals surface area contributed by atoms with Crippen LogP contribution in [0.15, 0.2) is 76.6 Å². The van der Waals surface area contributed by atoms with Crippen molar-refractivity contribution < 1.29 is 4.79 Å². The summed E-state index contributed by atoms with van der Waals surface area (Å²) in [5.41, 5.74) is 0.947. The number of benzene rings is 2. The Morgan fingerprint density at radius 1 is 0.966 bits per heavy atom. The molecular weight excluding hydrogens is 392 g/mol. The predicted molar refractivity (Wildman–Crippen MR) is 112 cm³/mol. The molecule has 0 spiro atoms. The van der Waals surface area contributed by atoms with Crippen molar-refractivity contribution in [3.05, 3.63) is 98.3 Å². The van der Waals surface area contributed by atoms with E-state index in [2.05, 4.69) is 15.3 Å². The van der Waals surface area contributed by atoms with E-state index >= 15 is 0 Å². The minimum atomic E-state index is -0.739. The molecule has 0 saturated carbocycles. The van der Waals surface area contributed by atoms with E-state index in [4.69, 9.17) is 11.6 Å². The number of nitrogens with zero attached hydrogens (tertiary/aromatic N) is 1. The van der Waals surface area contributed by atoms with Gasteiger partial charge in [0.1, 0.15) is 0 Å². The molecule has 0 aliphatic rings. The maximum absolute atomic E-state index is 12.7. The van der Waals surface area contributed by atoms with Crippen LogP contribution >= 0.6 is 11.6 Å². The Labute approximate surface area is 170 Å². The molecular formula is C21H17ClN4O3. The first-order valence-electron chi connectivity index (χ1n) is 8.94. The van der Waals surface area contributed by atoms with Crippen LogP contribution in [0.3, 0.4) is 0 Å². The number of H-pyrrole nitrogens is 2. The third-order valence-electron chi connectivity index (χ3n) is 4.63. The molecule has 0 radical (unpaired) electrons. The zero-order valence-corrected chi connectivity index (χ0v) is 15.9. The Bertz CT molecular complexity index is 1270. The number of anilines is 1. The lowest BCUT2D eigenvalue weighted by Gasteiger charge is -2.19.